The standard InChI is InChI=1S/C26H25F4N5O2/c27-22-17-19(3-6-21(22)26(28,29)30)24(36)34-9-11-35(12-10-34)25-31-8-7-23(32-25)18-1-4-20(5-2-18)33-13-15-37-16-14-33/h1-8,17H,9-16H2. The molecule has 1 amide bonds. The lowest BCUT2D eigenvalue weighted by Crippen LogP contribution is -2.49. The number of benzene rings is 2. The molecule has 0 saturated carbocycles. The number of carbonyl (C=O) groups is 1. The molecule has 11 heteroatoms. The molecular weight excluding hydrogens is 490 g/mol. The van der Waals surface area contributed by atoms with Crippen LogP contribution in [0.3, 0.4) is 0 Å². The maximum Gasteiger partial charge on any atom is 0.419 e. The zero-order chi connectivity index (χ0) is 26.0. The van der Waals surface area contributed by atoms with Crippen LogP contribution in [0.25, 0.3) is 11.3 Å². The number of amides is 1. The number of ether oxygens (including phenoxy) is 1. The van der Waals surface area contributed by atoms with Crippen molar-refractivity contribution in [1.82, 2.24) is 14.9 Å². The molecule has 0 N–H and O–H groups in total. The van der Waals surface area contributed by atoms with Gasteiger partial charge in [-0.3, -0.25) is 4.79 Å². The van der Waals surface area contributed by atoms with Crippen LogP contribution < -0.4 is 9.80 Å². The number of morpholine rings is 1. The van der Waals surface area contributed by atoms with Gasteiger partial charge < -0.3 is 19.4 Å². The number of nitrogens with zero attached hydrogens (tertiary/aromatic N) is 5. The first-order chi connectivity index (χ1) is 17.8. The molecule has 2 saturated heterocycles. The van der Waals surface area contributed by atoms with E-state index in [2.05, 4.69) is 22.0 Å². The molecule has 2 aliphatic rings. The van der Waals surface area contributed by atoms with Crippen molar-refractivity contribution in [2.24, 2.45) is 0 Å². The maximum absolute atomic E-state index is 13.9. The summed E-state index contributed by atoms with van der Waals surface area (Å²) in [5.74, 6) is -1.44. The largest absolute Gasteiger partial charge is 0.419 e. The van der Waals surface area contributed by atoms with E-state index in [1.807, 2.05) is 23.1 Å². The number of anilines is 2. The molecule has 0 bridgehead atoms. The van der Waals surface area contributed by atoms with Gasteiger partial charge in [-0.25, -0.2) is 14.4 Å². The van der Waals surface area contributed by atoms with E-state index in [0.29, 0.717) is 44.3 Å². The average Bonchev–Trinajstić information content (AvgIpc) is 2.92. The predicted octanol–water partition coefficient (Wildman–Crippen LogP) is 4.10. The van der Waals surface area contributed by atoms with Crippen molar-refractivity contribution in [1.29, 1.82) is 0 Å². The van der Waals surface area contributed by atoms with Crippen molar-refractivity contribution in [2.75, 3.05) is 62.3 Å². The maximum atomic E-state index is 13.9. The minimum absolute atomic E-state index is 0.113. The fourth-order valence-corrected chi connectivity index (χ4v) is 4.50. The predicted molar refractivity (Wildman–Crippen MR) is 130 cm³/mol. The second-order valence-electron chi connectivity index (χ2n) is 8.86. The first kappa shape index (κ1) is 24.9. The molecular formula is C26H25F4N5O2. The summed E-state index contributed by atoms with van der Waals surface area (Å²) in [5, 5.41) is 0. The van der Waals surface area contributed by atoms with Crippen LogP contribution in [0, 0.1) is 5.82 Å². The number of hydrogen-bond donors (Lipinski definition) is 0. The summed E-state index contributed by atoms with van der Waals surface area (Å²) >= 11 is 0. The summed E-state index contributed by atoms with van der Waals surface area (Å²) < 4.78 is 57.8. The third-order valence-corrected chi connectivity index (χ3v) is 6.55. The zero-order valence-electron chi connectivity index (χ0n) is 19.9. The van der Waals surface area contributed by atoms with Gasteiger partial charge in [0.1, 0.15) is 5.82 Å². The lowest BCUT2D eigenvalue weighted by Gasteiger charge is -2.35. The molecule has 0 atom stereocenters. The molecule has 1 aromatic heterocycles. The minimum Gasteiger partial charge on any atom is -0.378 e. The third-order valence-electron chi connectivity index (χ3n) is 6.55. The van der Waals surface area contributed by atoms with Gasteiger partial charge in [-0.1, -0.05) is 12.1 Å². The van der Waals surface area contributed by atoms with E-state index < -0.39 is 23.5 Å². The highest BCUT2D eigenvalue weighted by molar-refractivity contribution is 5.94. The molecule has 0 aliphatic carbocycles. The van der Waals surface area contributed by atoms with Crippen LogP contribution in [0.15, 0.2) is 54.7 Å². The molecule has 0 radical (unpaired) electrons. The van der Waals surface area contributed by atoms with Crippen molar-refractivity contribution in [2.45, 2.75) is 6.18 Å². The van der Waals surface area contributed by atoms with Crippen molar-refractivity contribution >= 4 is 17.5 Å². The highest BCUT2D eigenvalue weighted by atomic mass is 19.4. The first-order valence-electron chi connectivity index (χ1n) is 12.0. The third kappa shape index (κ3) is 5.51. The Bertz CT molecular complexity index is 1250. The summed E-state index contributed by atoms with van der Waals surface area (Å²) in [5.41, 5.74) is 1.37. The Balaban J connectivity index is 1.22. The van der Waals surface area contributed by atoms with E-state index in [4.69, 9.17) is 9.72 Å². The van der Waals surface area contributed by atoms with Crippen molar-refractivity contribution in [3.05, 3.63) is 71.7 Å². The Morgan fingerprint density at radius 1 is 0.865 bits per heavy atom. The lowest BCUT2D eigenvalue weighted by molar-refractivity contribution is -0.140. The van der Waals surface area contributed by atoms with Crippen molar-refractivity contribution in [3.8, 4) is 11.3 Å². The van der Waals surface area contributed by atoms with Gasteiger partial charge in [0, 0.05) is 62.3 Å². The molecule has 2 fully saturated rings. The molecule has 37 heavy (non-hydrogen) atoms. The van der Waals surface area contributed by atoms with Gasteiger partial charge in [0.2, 0.25) is 5.95 Å². The van der Waals surface area contributed by atoms with E-state index in [-0.39, 0.29) is 5.56 Å². The normalized spacial score (nSPS) is 16.7. The van der Waals surface area contributed by atoms with Gasteiger partial charge in [0.15, 0.2) is 0 Å². The monoisotopic (exact) mass is 515 g/mol. The van der Waals surface area contributed by atoms with Crippen LogP contribution in [0.4, 0.5) is 29.2 Å². The van der Waals surface area contributed by atoms with E-state index >= 15 is 0 Å². The Morgan fingerprint density at radius 3 is 2.22 bits per heavy atom. The number of piperazine rings is 1. The second-order valence-corrected chi connectivity index (χ2v) is 8.86. The summed E-state index contributed by atoms with van der Waals surface area (Å²) in [6.07, 6.45) is -3.12. The highest BCUT2D eigenvalue weighted by Crippen LogP contribution is 2.32. The number of alkyl halides is 3. The van der Waals surface area contributed by atoms with E-state index in [1.165, 1.54) is 4.90 Å². The van der Waals surface area contributed by atoms with Crippen LogP contribution in [0.2, 0.25) is 0 Å². The first-order valence-corrected chi connectivity index (χ1v) is 12.0. The van der Waals surface area contributed by atoms with Crippen LogP contribution >= 0.6 is 0 Å². The van der Waals surface area contributed by atoms with Gasteiger partial charge >= 0.3 is 6.18 Å². The quantitative estimate of drug-likeness (QED) is 0.488. The smallest absolute Gasteiger partial charge is 0.378 e. The van der Waals surface area contributed by atoms with Gasteiger partial charge in [-0.05, 0) is 36.4 Å². The average molecular weight is 516 g/mol. The highest BCUT2D eigenvalue weighted by Gasteiger charge is 2.34. The Hall–Kier alpha value is -3.73. The van der Waals surface area contributed by atoms with E-state index in [9.17, 15) is 22.4 Å². The number of hydrogen-bond acceptors (Lipinski definition) is 6. The van der Waals surface area contributed by atoms with Crippen LogP contribution in [0.5, 0.6) is 0 Å². The minimum atomic E-state index is -4.81. The molecule has 5 rings (SSSR count). The Kier molecular flexibility index (Phi) is 6.96. The Morgan fingerprint density at radius 2 is 1.57 bits per heavy atom. The fourth-order valence-electron chi connectivity index (χ4n) is 4.50. The molecule has 2 aliphatic heterocycles. The molecule has 0 spiro atoms. The molecule has 7 nitrogen and oxygen atoms in total. The van der Waals surface area contributed by atoms with Crippen LogP contribution in [-0.2, 0) is 10.9 Å². The number of halogens is 4. The Labute approximate surface area is 211 Å². The SMILES string of the molecule is O=C(c1ccc(C(F)(F)F)c(F)c1)N1CCN(c2nccc(-c3ccc(N4CCOCC4)cc3)n2)CC1. The summed E-state index contributed by atoms with van der Waals surface area (Å²) in [4.78, 5) is 27.6. The summed E-state index contributed by atoms with van der Waals surface area (Å²) in [7, 11) is 0. The van der Waals surface area contributed by atoms with Gasteiger partial charge in [-0.15, -0.1) is 0 Å². The van der Waals surface area contributed by atoms with E-state index in [1.54, 1.807) is 6.20 Å². The fraction of sp³-hybridized carbons (Fsp3) is 0.346. The van der Waals surface area contributed by atoms with Gasteiger partial charge in [0.05, 0.1) is 24.5 Å². The second kappa shape index (κ2) is 10.3. The molecule has 3 heterocycles. The van der Waals surface area contributed by atoms with Crippen molar-refractivity contribution < 1.29 is 27.1 Å². The number of carbonyl (C=O) groups excluding carboxylic acids is 1. The van der Waals surface area contributed by atoms with Crippen molar-refractivity contribution in [3.63, 3.8) is 0 Å². The number of rotatable bonds is 4. The molecule has 3 aromatic rings. The summed E-state index contributed by atoms with van der Waals surface area (Å²) in [6, 6.07) is 12.3. The van der Waals surface area contributed by atoms with Gasteiger partial charge in [-0.2, -0.15) is 13.2 Å². The molecule has 194 valence electrons. The summed E-state index contributed by atoms with van der Waals surface area (Å²) in [6.45, 7) is 4.65. The van der Waals surface area contributed by atoms with Crippen LogP contribution in [0.1, 0.15) is 15.9 Å². The van der Waals surface area contributed by atoms with E-state index in [0.717, 1.165) is 49.3 Å². The topological polar surface area (TPSA) is 61.8 Å². The van der Waals surface area contributed by atoms with Crippen LogP contribution in [-0.4, -0.2) is 73.3 Å². The zero-order valence-corrected chi connectivity index (χ0v) is 19.9. The number of aromatic nitrogens is 2. The van der Waals surface area contributed by atoms with Gasteiger partial charge in [0.25, 0.3) is 5.91 Å². The molecule has 2 aromatic carbocycles. The lowest BCUT2D eigenvalue weighted by atomic mass is 10.1. The molecule has 0 unspecified atom stereocenters.